The molecule has 0 aromatic heterocycles. The Morgan fingerprint density at radius 2 is 2.05 bits per heavy atom. The number of aliphatic hydroxyl groups is 2. The minimum atomic E-state index is -1.52. The Morgan fingerprint density at radius 1 is 1.42 bits per heavy atom. The van der Waals surface area contributed by atoms with E-state index in [-0.39, 0.29) is 17.9 Å². The SMILES string of the molecule is CCOC(=O)CC(O)C(O)c1ccccc1[N+](=O)[O-]. The monoisotopic (exact) mass is 269 g/mol. The Kier molecular flexibility index (Phi) is 5.40. The van der Waals surface area contributed by atoms with E-state index < -0.39 is 29.5 Å². The van der Waals surface area contributed by atoms with Gasteiger partial charge in [0, 0.05) is 6.07 Å². The number of rotatable bonds is 6. The zero-order valence-corrected chi connectivity index (χ0v) is 10.4. The molecular formula is C12H15NO6. The molecule has 2 N–H and O–H groups in total. The largest absolute Gasteiger partial charge is 0.466 e. The summed E-state index contributed by atoms with van der Waals surface area (Å²) in [5.74, 6) is -0.673. The Balaban J connectivity index is 2.85. The molecule has 0 spiro atoms. The van der Waals surface area contributed by atoms with Crippen molar-refractivity contribution in [1.82, 2.24) is 0 Å². The fourth-order valence-electron chi connectivity index (χ4n) is 1.61. The van der Waals surface area contributed by atoms with Gasteiger partial charge < -0.3 is 14.9 Å². The number of esters is 1. The van der Waals surface area contributed by atoms with Crippen LogP contribution in [0.15, 0.2) is 24.3 Å². The predicted molar refractivity (Wildman–Crippen MR) is 65.3 cm³/mol. The first-order valence-corrected chi connectivity index (χ1v) is 5.72. The van der Waals surface area contributed by atoms with Crippen LogP contribution in [-0.2, 0) is 9.53 Å². The summed E-state index contributed by atoms with van der Waals surface area (Å²) in [5, 5.41) is 30.4. The van der Waals surface area contributed by atoms with Gasteiger partial charge in [-0.1, -0.05) is 12.1 Å². The summed E-state index contributed by atoms with van der Waals surface area (Å²) in [4.78, 5) is 21.3. The molecular weight excluding hydrogens is 254 g/mol. The van der Waals surface area contributed by atoms with Crippen LogP contribution in [0.25, 0.3) is 0 Å². The number of carbonyl (C=O) groups excluding carboxylic acids is 1. The van der Waals surface area contributed by atoms with Crippen molar-refractivity contribution in [2.45, 2.75) is 25.6 Å². The molecule has 19 heavy (non-hydrogen) atoms. The Hall–Kier alpha value is -1.99. The number of aliphatic hydroxyl groups excluding tert-OH is 2. The lowest BCUT2D eigenvalue weighted by Crippen LogP contribution is -2.23. The molecule has 104 valence electrons. The number of ether oxygens (including phenoxy) is 1. The second-order valence-corrected chi connectivity index (χ2v) is 3.84. The van der Waals surface area contributed by atoms with Gasteiger partial charge in [-0.25, -0.2) is 0 Å². The van der Waals surface area contributed by atoms with E-state index >= 15 is 0 Å². The van der Waals surface area contributed by atoms with Crippen LogP contribution in [-0.4, -0.2) is 33.8 Å². The molecule has 2 atom stereocenters. The molecule has 1 aromatic rings. The van der Waals surface area contributed by atoms with E-state index in [1.165, 1.54) is 24.3 Å². The second kappa shape index (κ2) is 6.81. The van der Waals surface area contributed by atoms with Gasteiger partial charge in [0.2, 0.25) is 0 Å². The number of nitro benzene ring substituents is 1. The van der Waals surface area contributed by atoms with Gasteiger partial charge in [0.25, 0.3) is 5.69 Å². The maximum Gasteiger partial charge on any atom is 0.308 e. The molecule has 7 nitrogen and oxygen atoms in total. The average molecular weight is 269 g/mol. The minimum Gasteiger partial charge on any atom is -0.466 e. The zero-order valence-electron chi connectivity index (χ0n) is 10.4. The highest BCUT2D eigenvalue weighted by molar-refractivity contribution is 5.70. The van der Waals surface area contributed by atoms with Crippen molar-refractivity contribution in [3.63, 3.8) is 0 Å². The number of hydrogen-bond acceptors (Lipinski definition) is 6. The van der Waals surface area contributed by atoms with E-state index in [0.29, 0.717) is 0 Å². The topological polar surface area (TPSA) is 110 Å². The van der Waals surface area contributed by atoms with Gasteiger partial charge in [0.15, 0.2) is 0 Å². The van der Waals surface area contributed by atoms with Gasteiger partial charge in [0.05, 0.1) is 29.6 Å². The van der Waals surface area contributed by atoms with Crippen molar-refractivity contribution in [2.75, 3.05) is 6.61 Å². The van der Waals surface area contributed by atoms with Crippen molar-refractivity contribution < 1.29 is 24.7 Å². The van der Waals surface area contributed by atoms with E-state index in [1.807, 2.05) is 0 Å². The molecule has 1 aromatic carbocycles. The minimum absolute atomic E-state index is 0.0377. The number of para-hydroxylation sites is 1. The van der Waals surface area contributed by atoms with Crippen molar-refractivity contribution in [2.24, 2.45) is 0 Å². The fraction of sp³-hybridized carbons (Fsp3) is 0.417. The first-order valence-electron chi connectivity index (χ1n) is 5.72. The normalized spacial score (nSPS) is 13.6. The molecule has 0 bridgehead atoms. The third-order valence-corrected chi connectivity index (χ3v) is 2.50. The number of carbonyl (C=O) groups is 1. The highest BCUT2D eigenvalue weighted by Crippen LogP contribution is 2.27. The first kappa shape index (κ1) is 15.1. The summed E-state index contributed by atoms with van der Waals surface area (Å²) in [6, 6.07) is 5.50. The van der Waals surface area contributed by atoms with E-state index in [0.717, 1.165) is 0 Å². The first-order chi connectivity index (χ1) is 8.97. The van der Waals surface area contributed by atoms with Crippen LogP contribution in [0.3, 0.4) is 0 Å². The highest BCUT2D eigenvalue weighted by atomic mass is 16.6. The molecule has 0 aliphatic heterocycles. The molecule has 0 amide bonds. The molecule has 0 saturated heterocycles. The molecule has 7 heteroatoms. The Labute approximate surface area is 109 Å². The Morgan fingerprint density at radius 3 is 2.63 bits per heavy atom. The lowest BCUT2D eigenvalue weighted by Gasteiger charge is -2.17. The van der Waals surface area contributed by atoms with E-state index in [4.69, 9.17) is 0 Å². The lowest BCUT2D eigenvalue weighted by atomic mass is 10.0. The second-order valence-electron chi connectivity index (χ2n) is 3.84. The fourth-order valence-corrected chi connectivity index (χ4v) is 1.61. The van der Waals surface area contributed by atoms with Crippen molar-refractivity contribution in [1.29, 1.82) is 0 Å². The van der Waals surface area contributed by atoms with Crippen molar-refractivity contribution in [3.8, 4) is 0 Å². The molecule has 0 heterocycles. The summed E-state index contributed by atoms with van der Waals surface area (Å²) in [6.07, 6.45) is -3.41. The third-order valence-electron chi connectivity index (χ3n) is 2.50. The summed E-state index contributed by atoms with van der Waals surface area (Å²) in [5.41, 5.74) is -0.345. The summed E-state index contributed by atoms with van der Waals surface area (Å²) < 4.78 is 4.63. The maximum atomic E-state index is 11.2. The number of benzene rings is 1. The standard InChI is InChI=1S/C12H15NO6/c1-2-19-11(15)7-10(14)12(16)8-5-3-4-6-9(8)13(17)18/h3-6,10,12,14,16H,2,7H2,1H3. The van der Waals surface area contributed by atoms with Crippen LogP contribution < -0.4 is 0 Å². The molecule has 0 aliphatic rings. The number of nitro groups is 1. The van der Waals surface area contributed by atoms with Gasteiger partial charge in [-0.3, -0.25) is 14.9 Å². The van der Waals surface area contributed by atoms with E-state index in [1.54, 1.807) is 6.92 Å². The summed E-state index contributed by atoms with van der Waals surface area (Å²) in [6.45, 7) is 1.77. The van der Waals surface area contributed by atoms with E-state index in [2.05, 4.69) is 4.74 Å². The molecule has 2 unspecified atom stereocenters. The van der Waals surface area contributed by atoms with Crippen molar-refractivity contribution >= 4 is 11.7 Å². The third kappa shape index (κ3) is 4.01. The smallest absolute Gasteiger partial charge is 0.308 e. The van der Waals surface area contributed by atoms with Crippen LogP contribution in [0.1, 0.15) is 25.0 Å². The van der Waals surface area contributed by atoms with Gasteiger partial charge in [-0.15, -0.1) is 0 Å². The quantitative estimate of drug-likeness (QED) is 0.452. The molecule has 0 radical (unpaired) electrons. The molecule has 0 saturated carbocycles. The predicted octanol–water partition coefficient (Wildman–Crippen LogP) is 0.942. The maximum absolute atomic E-state index is 11.2. The van der Waals surface area contributed by atoms with Crippen LogP contribution in [0.4, 0.5) is 5.69 Å². The van der Waals surface area contributed by atoms with Gasteiger partial charge in [0.1, 0.15) is 6.10 Å². The van der Waals surface area contributed by atoms with Crippen molar-refractivity contribution in [3.05, 3.63) is 39.9 Å². The zero-order chi connectivity index (χ0) is 14.4. The number of nitrogens with zero attached hydrogens (tertiary/aromatic N) is 1. The molecule has 0 fully saturated rings. The lowest BCUT2D eigenvalue weighted by molar-refractivity contribution is -0.386. The van der Waals surface area contributed by atoms with Crippen LogP contribution in [0, 0.1) is 10.1 Å². The summed E-state index contributed by atoms with van der Waals surface area (Å²) >= 11 is 0. The van der Waals surface area contributed by atoms with Crippen LogP contribution in [0.5, 0.6) is 0 Å². The molecule has 0 aliphatic carbocycles. The van der Waals surface area contributed by atoms with Crippen LogP contribution >= 0.6 is 0 Å². The van der Waals surface area contributed by atoms with Gasteiger partial charge >= 0.3 is 5.97 Å². The molecule has 1 rings (SSSR count). The average Bonchev–Trinajstić information content (AvgIpc) is 2.37. The summed E-state index contributed by atoms with van der Waals surface area (Å²) in [7, 11) is 0. The van der Waals surface area contributed by atoms with Crippen LogP contribution in [0.2, 0.25) is 0 Å². The van der Waals surface area contributed by atoms with E-state index in [9.17, 15) is 25.1 Å². The van der Waals surface area contributed by atoms with Gasteiger partial charge in [-0.05, 0) is 13.0 Å². The van der Waals surface area contributed by atoms with Gasteiger partial charge in [-0.2, -0.15) is 0 Å². The highest BCUT2D eigenvalue weighted by Gasteiger charge is 2.27. The Bertz CT molecular complexity index is 461. The number of hydrogen-bond donors (Lipinski definition) is 2.